The molecule has 0 spiro atoms. The summed E-state index contributed by atoms with van der Waals surface area (Å²) < 4.78 is 22.2. The van der Waals surface area contributed by atoms with Gasteiger partial charge in [0.15, 0.2) is 4.31 Å². The highest BCUT2D eigenvalue weighted by Crippen LogP contribution is 2.41. The van der Waals surface area contributed by atoms with Crippen molar-refractivity contribution in [3.63, 3.8) is 0 Å². The van der Waals surface area contributed by atoms with Gasteiger partial charge in [-0.2, -0.15) is 0 Å². The fourth-order valence-corrected chi connectivity index (χ4v) is 3.22. The molecule has 0 bridgehead atoms. The van der Waals surface area contributed by atoms with Gasteiger partial charge in [-0.3, -0.25) is 0 Å². The Morgan fingerprint density at radius 2 is 1.19 bits per heavy atom. The van der Waals surface area contributed by atoms with E-state index in [0.717, 1.165) is 0 Å². The minimum absolute atomic E-state index is 1.17. The van der Waals surface area contributed by atoms with Crippen molar-refractivity contribution in [3.8, 4) is 0 Å². The molecule has 16 heavy (non-hydrogen) atoms. The second kappa shape index (κ2) is 7.41. The predicted octanol–water partition coefficient (Wildman–Crippen LogP) is 3.28. The summed E-state index contributed by atoms with van der Waals surface area (Å²) in [5.74, 6) is 2.33. The van der Waals surface area contributed by atoms with E-state index < -0.39 is 16.5 Å². The first-order valence-corrected chi connectivity index (χ1v) is 7.86. The van der Waals surface area contributed by atoms with Crippen LogP contribution in [0, 0.1) is 11.8 Å². The van der Waals surface area contributed by atoms with Crippen LogP contribution >= 0.6 is 16.5 Å². The summed E-state index contributed by atoms with van der Waals surface area (Å²) >= 11 is 0. The van der Waals surface area contributed by atoms with Crippen molar-refractivity contribution in [1.82, 2.24) is 0 Å². The molecule has 2 saturated carbocycles. The van der Waals surface area contributed by atoms with Gasteiger partial charge in [-0.15, -0.1) is 9.79 Å². The van der Waals surface area contributed by atoms with Gasteiger partial charge in [-0.05, 0) is 11.8 Å². The first kappa shape index (κ1) is 14.1. The molecule has 0 heterocycles. The lowest BCUT2D eigenvalue weighted by atomic mass is 9.82. The zero-order valence-corrected chi connectivity index (χ0v) is 10.9. The zero-order chi connectivity index (χ0) is 12.0. The Labute approximate surface area is 97.1 Å². The molecule has 2 fully saturated rings. The van der Waals surface area contributed by atoms with Crippen LogP contribution in [0.4, 0.5) is 0 Å². The van der Waals surface area contributed by atoms with Crippen LogP contribution in [-0.4, -0.2) is 9.79 Å². The molecule has 2 rings (SSSR count). The van der Waals surface area contributed by atoms with Gasteiger partial charge in [0.1, 0.15) is 0 Å². The molecule has 0 saturated heterocycles. The maximum Gasteiger partial charge on any atom is 0.745 e. The molecule has 0 radical (unpaired) electrons. The monoisotopic (exact) mass is 268 g/mol. The molecule has 2 aliphatic rings. The highest BCUT2D eigenvalue weighted by Gasteiger charge is 2.31. The van der Waals surface area contributed by atoms with Crippen LogP contribution in [0.25, 0.3) is 0 Å². The Kier molecular flexibility index (Phi) is 6.55. The first-order chi connectivity index (χ1) is 7.59. The fourth-order valence-electron chi connectivity index (χ4n) is 2.75. The smallest absolute Gasteiger partial charge is 0.131 e. The van der Waals surface area contributed by atoms with Crippen LogP contribution in [0.15, 0.2) is 0 Å². The highest BCUT2D eigenvalue weighted by atomic mass is 31.2. The van der Waals surface area contributed by atoms with Gasteiger partial charge in [-0.1, -0.05) is 44.9 Å². The number of rotatable bonds is 2. The number of hydrogen-bond donors (Lipinski definition) is 2. The van der Waals surface area contributed by atoms with E-state index in [1.807, 2.05) is 0 Å². The average Bonchev–Trinajstić information content (AvgIpc) is 2.63. The van der Waals surface area contributed by atoms with Gasteiger partial charge in [0.2, 0.25) is 0 Å². The van der Waals surface area contributed by atoms with E-state index in [2.05, 4.69) is 4.31 Å². The average molecular weight is 268 g/mol. The number of hydrogen-bond acceptors (Lipinski definition) is 3. The Morgan fingerprint density at radius 1 is 0.812 bits per heavy atom. The fraction of sp³-hybridized carbons (Fsp3) is 1.00. The molecule has 2 N–H and O–H groups in total. The van der Waals surface area contributed by atoms with Crippen LogP contribution in [0.5, 0.6) is 0 Å². The van der Waals surface area contributed by atoms with E-state index in [1.165, 1.54) is 31.1 Å². The molecule has 0 amide bonds. The Balaban J connectivity index is 0.000000168. The molecule has 0 aromatic rings. The predicted molar refractivity (Wildman–Crippen MR) is 60.0 cm³/mol. The second-order valence-corrected chi connectivity index (χ2v) is 5.90. The zero-order valence-electron chi connectivity index (χ0n) is 9.12. The standard InChI is InChI=1S/C9H16.O5P2/c1-2-5-9-7-3-6-8(9)4-1;1-6(2)5-7(3)4/h8-9H,1-7H2;/p+2. The van der Waals surface area contributed by atoms with Crippen LogP contribution < -0.4 is 0 Å². The van der Waals surface area contributed by atoms with Crippen molar-refractivity contribution in [2.24, 2.45) is 11.8 Å². The first-order valence-electron chi connectivity index (χ1n) is 5.60. The lowest BCUT2D eigenvalue weighted by Gasteiger charge is -2.24. The third-order valence-electron chi connectivity index (χ3n) is 3.36. The van der Waals surface area contributed by atoms with Crippen molar-refractivity contribution in [2.75, 3.05) is 0 Å². The van der Waals surface area contributed by atoms with Crippen LogP contribution in [0.2, 0.25) is 0 Å². The maximum atomic E-state index is 9.39. The Morgan fingerprint density at radius 3 is 1.50 bits per heavy atom. The topological polar surface area (TPSA) is 83.8 Å². The molecule has 2 aliphatic carbocycles. The molecule has 5 nitrogen and oxygen atoms in total. The normalized spacial score (nSPS) is 29.9. The summed E-state index contributed by atoms with van der Waals surface area (Å²) in [7, 11) is -5.85. The van der Waals surface area contributed by atoms with Crippen molar-refractivity contribution in [1.29, 1.82) is 0 Å². The minimum Gasteiger partial charge on any atom is -0.131 e. The summed E-state index contributed by atoms with van der Waals surface area (Å²) in [5, 5.41) is 0. The molecule has 7 heteroatoms. The second-order valence-electron chi connectivity index (χ2n) is 4.29. The van der Waals surface area contributed by atoms with E-state index in [9.17, 15) is 9.13 Å². The summed E-state index contributed by atoms with van der Waals surface area (Å²) in [5.41, 5.74) is 0. The van der Waals surface area contributed by atoms with E-state index in [-0.39, 0.29) is 0 Å². The highest BCUT2D eigenvalue weighted by molar-refractivity contribution is 7.46. The van der Waals surface area contributed by atoms with Crippen LogP contribution in [0.1, 0.15) is 44.9 Å². The van der Waals surface area contributed by atoms with Crippen molar-refractivity contribution in [2.45, 2.75) is 44.9 Å². The Bertz CT molecular complexity index is 234. The van der Waals surface area contributed by atoms with Crippen LogP contribution in [-0.2, 0) is 13.4 Å². The summed E-state index contributed by atoms with van der Waals surface area (Å²) in [4.78, 5) is 15.3. The van der Waals surface area contributed by atoms with Crippen molar-refractivity contribution >= 4 is 16.5 Å². The number of fused-ring (bicyclic) bond motifs is 1. The molecule has 4 atom stereocenters. The van der Waals surface area contributed by atoms with Crippen LogP contribution in [0.3, 0.4) is 0 Å². The van der Waals surface area contributed by atoms with Gasteiger partial charge < -0.3 is 0 Å². The summed E-state index contributed by atoms with van der Waals surface area (Å²) in [6, 6.07) is 0. The molecule has 0 aromatic carbocycles. The third-order valence-corrected chi connectivity index (χ3v) is 4.47. The van der Waals surface area contributed by atoms with Gasteiger partial charge in [0.05, 0.1) is 0 Å². The van der Waals surface area contributed by atoms with Gasteiger partial charge >= 0.3 is 16.5 Å². The van der Waals surface area contributed by atoms with Gasteiger partial charge in [-0.25, -0.2) is 0 Å². The van der Waals surface area contributed by atoms with Crippen molar-refractivity contribution < 1.29 is 23.2 Å². The van der Waals surface area contributed by atoms with E-state index in [4.69, 9.17) is 9.79 Å². The van der Waals surface area contributed by atoms with Gasteiger partial charge in [0, 0.05) is 9.13 Å². The van der Waals surface area contributed by atoms with E-state index in [1.54, 1.807) is 25.7 Å². The summed E-state index contributed by atoms with van der Waals surface area (Å²) in [6.07, 6.45) is 10.8. The van der Waals surface area contributed by atoms with Gasteiger partial charge in [0.25, 0.3) is 0 Å². The largest absolute Gasteiger partial charge is 0.745 e. The maximum absolute atomic E-state index is 9.39. The lowest BCUT2D eigenvalue weighted by Crippen LogP contribution is -2.12. The molecular weight excluding hydrogens is 250 g/mol. The Hall–Kier alpha value is 0.0800. The molecule has 0 aromatic heterocycles. The molecular formula is C9H18O5P2+2. The molecule has 4 unspecified atom stereocenters. The third kappa shape index (κ3) is 5.42. The minimum atomic E-state index is -2.92. The SMILES string of the molecule is C1CCC2CCCC2C1.O=[P+](O)O[P+](=O)O. The molecule has 92 valence electrons. The van der Waals surface area contributed by atoms with E-state index in [0.29, 0.717) is 0 Å². The summed E-state index contributed by atoms with van der Waals surface area (Å²) in [6.45, 7) is 0. The molecule has 0 aliphatic heterocycles. The quantitative estimate of drug-likeness (QED) is 0.751. The lowest BCUT2D eigenvalue weighted by molar-refractivity contribution is 0.277. The van der Waals surface area contributed by atoms with E-state index >= 15 is 0 Å². The van der Waals surface area contributed by atoms with Crippen molar-refractivity contribution in [3.05, 3.63) is 0 Å².